The molecule has 1 aliphatic rings. The Balaban J connectivity index is 1.45. The summed E-state index contributed by atoms with van der Waals surface area (Å²) in [6.07, 6.45) is 9.40. The van der Waals surface area contributed by atoms with Crippen molar-refractivity contribution >= 4 is 10.9 Å². The number of aromatic nitrogens is 5. The monoisotopic (exact) mass is 366 g/mol. The first-order valence-electron chi connectivity index (χ1n) is 10.3. The van der Waals surface area contributed by atoms with E-state index in [0.29, 0.717) is 12.0 Å². The van der Waals surface area contributed by atoms with Crippen molar-refractivity contribution in [1.82, 2.24) is 30.5 Å². The molecule has 0 bridgehead atoms. The fraction of sp³-hybridized carbons (Fsp3) is 0.571. The summed E-state index contributed by atoms with van der Waals surface area (Å²) < 4.78 is 2.10. The van der Waals surface area contributed by atoms with Crippen molar-refractivity contribution in [2.75, 3.05) is 6.54 Å². The molecule has 3 aromatic rings. The van der Waals surface area contributed by atoms with Crippen molar-refractivity contribution in [3.63, 3.8) is 0 Å². The van der Waals surface area contributed by atoms with E-state index in [1.165, 1.54) is 48.6 Å². The highest BCUT2D eigenvalue weighted by Gasteiger charge is 2.26. The Labute approximate surface area is 160 Å². The molecule has 4 rings (SSSR count). The summed E-state index contributed by atoms with van der Waals surface area (Å²) >= 11 is 0. The lowest BCUT2D eigenvalue weighted by Gasteiger charge is -2.27. The lowest BCUT2D eigenvalue weighted by molar-refractivity contribution is 0.293. The van der Waals surface area contributed by atoms with E-state index < -0.39 is 0 Å². The Hall–Kier alpha value is -2.21. The first-order valence-corrected chi connectivity index (χ1v) is 10.3. The van der Waals surface area contributed by atoms with Crippen LogP contribution in [-0.2, 0) is 6.42 Å². The molecule has 0 aliphatic heterocycles. The van der Waals surface area contributed by atoms with Gasteiger partial charge in [-0.1, -0.05) is 51.3 Å². The molecule has 0 amide bonds. The van der Waals surface area contributed by atoms with Crippen LogP contribution in [-0.4, -0.2) is 31.7 Å². The predicted molar refractivity (Wildman–Crippen MR) is 108 cm³/mol. The minimum atomic E-state index is 0.173. The van der Waals surface area contributed by atoms with Gasteiger partial charge < -0.3 is 10.3 Å². The molecule has 2 heterocycles. The van der Waals surface area contributed by atoms with Crippen LogP contribution in [0.1, 0.15) is 69.4 Å². The topological polar surface area (TPSA) is 71.4 Å². The number of hydrogen-bond donors (Lipinski definition) is 2. The molecule has 0 saturated heterocycles. The number of hydrogen-bond acceptors (Lipinski definition) is 4. The average molecular weight is 367 g/mol. The third-order valence-corrected chi connectivity index (χ3v) is 5.82. The standard InChI is InChI=1S/C21H30N6/c1-15(2)20(21-24-25-26-27(21)17-8-4-3-5-9-17)22-13-12-16-14-23-19-11-7-6-10-18(16)19/h6-7,10-11,14-15,17,20,22-23H,3-5,8-9,12-13H2,1-2H3/t20-/m1/s1. The molecule has 0 spiro atoms. The van der Waals surface area contributed by atoms with Crippen LogP contribution in [0.4, 0.5) is 0 Å². The molecule has 6 nitrogen and oxygen atoms in total. The van der Waals surface area contributed by atoms with Crippen LogP contribution in [0.5, 0.6) is 0 Å². The second-order valence-corrected chi connectivity index (χ2v) is 8.06. The molecule has 1 saturated carbocycles. The van der Waals surface area contributed by atoms with Gasteiger partial charge in [0, 0.05) is 17.1 Å². The number of para-hydroxylation sites is 1. The number of H-pyrrole nitrogens is 1. The third kappa shape index (κ3) is 3.90. The van der Waals surface area contributed by atoms with Gasteiger partial charge >= 0.3 is 0 Å². The number of fused-ring (bicyclic) bond motifs is 1. The van der Waals surface area contributed by atoms with Crippen molar-refractivity contribution in [1.29, 1.82) is 0 Å². The van der Waals surface area contributed by atoms with E-state index in [2.05, 4.69) is 74.8 Å². The largest absolute Gasteiger partial charge is 0.361 e. The molecule has 1 aliphatic carbocycles. The van der Waals surface area contributed by atoms with Crippen molar-refractivity contribution in [3.8, 4) is 0 Å². The molecule has 1 atom stereocenters. The van der Waals surface area contributed by atoms with Gasteiger partial charge in [0.25, 0.3) is 0 Å². The van der Waals surface area contributed by atoms with Gasteiger partial charge in [-0.2, -0.15) is 0 Å². The SMILES string of the molecule is CC(C)[C@@H](NCCc1c[nH]c2ccccc12)c1nnnn1C1CCCCC1. The zero-order valence-electron chi connectivity index (χ0n) is 16.4. The van der Waals surface area contributed by atoms with Gasteiger partial charge in [0.1, 0.15) is 0 Å². The van der Waals surface area contributed by atoms with Crippen LogP contribution < -0.4 is 5.32 Å². The van der Waals surface area contributed by atoms with Crippen LogP contribution in [0.25, 0.3) is 10.9 Å². The number of aromatic amines is 1. The minimum absolute atomic E-state index is 0.173. The third-order valence-electron chi connectivity index (χ3n) is 5.82. The Morgan fingerprint density at radius 2 is 2.00 bits per heavy atom. The van der Waals surface area contributed by atoms with Gasteiger partial charge in [0.05, 0.1) is 12.1 Å². The van der Waals surface area contributed by atoms with Crippen LogP contribution >= 0.6 is 0 Å². The summed E-state index contributed by atoms with van der Waals surface area (Å²) in [5, 5.41) is 17.8. The number of rotatable bonds is 7. The molecular formula is C21H30N6. The summed E-state index contributed by atoms with van der Waals surface area (Å²) in [4.78, 5) is 3.36. The summed E-state index contributed by atoms with van der Waals surface area (Å²) in [6.45, 7) is 5.38. The molecule has 1 fully saturated rings. The smallest absolute Gasteiger partial charge is 0.168 e. The van der Waals surface area contributed by atoms with Gasteiger partial charge in [0.2, 0.25) is 0 Å². The summed E-state index contributed by atoms with van der Waals surface area (Å²) in [7, 11) is 0. The van der Waals surface area contributed by atoms with Gasteiger partial charge in [-0.3, -0.25) is 0 Å². The van der Waals surface area contributed by atoms with E-state index in [-0.39, 0.29) is 6.04 Å². The van der Waals surface area contributed by atoms with E-state index >= 15 is 0 Å². The maximum atomic E-state index is 4.41. The molecule has 144 valence electrons. The lowest BCUT2D eigenvalue weighted by atomic mass is 9.95. The summed E-state index contributed by atoms with van der Waals surface area (Å²) in [5.74, 6) is 1.43. The zero-order chi connectivity index (χ0) is 18.6. The van der Waals surface area contributed by atoms with Crippen LogP contribution in [0.3, 0.4) is 0 Å². The molecule has 2 aromatic heterocycles. The number of nitrogens with one attached hydrogen (secondary N) is 2. The number of nitrogens with zero attached hydrogens (tertiary/aromatic N) is 4. The van der Waals surface area contributed by atoms with Crippen LogP contribution in [0, 0.1) is 5.92 Å². The Morgan fingerprint density at radius 1 is 1.19 bits per heavy atom. The van der Waals surface area contributed by atoms with Crippen molar-refractivity contribution in [3.05, 3.63) is 41.9 Å². The van der Waals surface area contributed by atoms with E-state index in [9.17, 15) is 0 Å². The maximum Gasteiger partial charge on any atom is 0.168 e. The van der Waals surface area contributed by atoms with Crippen molar-refractivity contribution in [2.24, 2.45) is 5.92 Å². The first-order chi connectivity index (χ1) is 13.2. The fourth-order valence-electron chi connectivity index (χ4n) is 4.32. The molecular weight excluding hydrogens is 336 g/mol. The molecule has 1 aromatic carbocycles. The maximum absolute atomic E-state index is 4.41. The Morgan fingerprint density at radius 3 is 2.81 bits per heavy atom. The number of tetrazole rings is 1. The minimum Gasteiger partial charge on any atom is -0.361 e. The second-order valence-electron chi connectivity index (χ2n) is 8.06. The highest BCUT2D eigenvalue weighted by molar-refractivity contribution is 5.83. The van der Waals surface area contributed by atoms with Gasteiger partial charge in [-0.15, -0.1) is 5.10 Å². The predicted octanol–water partition coefficient (Wildman–Crippen LogP) is 4.19. The van der Waals surface area contributed by atoms with E-state index in [1.54, 1.807) is 0 Å². The molecule has 0 unspecified atom stereocenters. The van der Waals surface area contributed by atoms with Crippen molar-refractivity contribution < 1.29 is 0 Å². The first kappa shape index (κ1) is 18.2. The molecule has 6 heteroatoms. The van der Waals surface area contributed by atoms with E-state index in [4.69, 9.17) is 0 Å². The highest BCUT2D eigenvalue weighted by Crippen LogP contribution is 2.30. The fourth-order valence-corrected chi connectivity index (χ4v) is 4.32. The van der Waals surface area contributed by atoms with E-state index in [1.807, 2.05) is 0 Å². The molecule has 27 heavy (non-hydrogen) atoms. The second kappa shape index (κ2) is 8.21. The molecule has 2 N–H and O–H groups in total. The van der Waals surface area contributed by atoms with E-state index in [0.717, 1.165) is 18.8 Å². The van der Waals surface area contributed by atoms with Gasteiger partial charge in [0.15, 0.2) is 5.82 Å². The van der Waals surface area contributed by atoms with Gasteiger partial charge in [-0.05, 0) is 53.8 Å². The quantitative estimate of drug-likeness (QED) is 0.658. The highest BCUT2D eigenvalue weighted by atomic mass is 15.6. The Kier molecular flexibility index (Phi) is 5.53. The average Bonchev–Trinajstić information content (AvgIpc) is 3.33. The zero-order valence-corrected chi connectivity index (χ0v) is 16.4. The van der Waals surface area contributed by atoms with Crippen molar-refractivity contribution in [2.45, 2.75) is 64.5 Å². The van der Waals surface area contributed by atoms with Crippen LogP contribution in [0.2, 0.25) is 0 Å². The summed E-state index contributed by atoms with van der Waals surface area (Å²) in [6, 6.07) is 9.11. The number of benzene rings is 1. The Bertz CT molecular complexity index is 858. The normalized spacial score (nSPS) is 17.0. The summed E-state index contributed by atoms with van der Waals surface area (Å²) in [5.41, 5.74) is 2.56. The molecule has 0 radical (unpaired) electrons. The van der Waals surface area contributed by atoms with Gasteiger partial charge in [-0.25, -0.2) is 4.68 Å². The lowest BCUT2D eigenvalue weighted by Crippen LogP contribution is -2.31. The van der Waals surface area contributed by atoms with Crippen LogP contribution in [0.15, 0.2) is 30.5 Å².